The minimum Gasteiger partial charge on any atom is -0.508 e. The summed E-state index contributed by atoms with van der Waals surface area (Å²) in [4.78, 5) is 12.5. The highest BCUT2D eigenvalue weighted by molar-refractivity contribution is 7.92. The van der Waals surface area contributed by atoms with Crippen LogP contribution in [0.5, 0.6) is 5.75 Å². The zero-order valence-electron chi connectivity index (χ0n) is 19.6. The highest BCUT2D eigenvalue weighted by atomic mass is 32.2. The van der Waals surface area contributed by atoms with Crippen LogP contribution < -0.4 is 10.0 Å². The second kappa shape index (κ2) is 8.70. The molecule has 4 rings (SSSR count). The molecule has 0 atom stereocenters. The number of alkyl halides is 3. The summed E-state index contributed by atoms with van der Waals surface area (Å²) in [5.74, 6) is -0.288. The van der Waals surface area contributed by atoms with Gasteiger partial charge in [-0.15, -0.1) is 0 Å². The standard InChI is InChI=1S/C26H23F3N2O4S/c1-25(2,3)21-13-15(4-11-23(21)32)12-20-19-14-18(9-10-22(19)30-24(20)33)36(34,35)31-17-7-5-16(6-8-17)26(27,28)29/h4-14,31-32H,1-3H3,(H,30,33). The molecule has 0 aliphatic carbocycles. The molecule has 1 amide bonds. The van der Waals surface area contributed by atoms with Crippen molar-refractivity contribution in [3.05, 3.63) is 82.9 Å². The molecule has 0 spiro atoms. The first-order chi connectivity index (χ1) is 16.6. The number of nitrogens with one attached hydrogen (secondary N) is 2. The SMILES string of the molecule is CC(C)(C)c1cc(C=C2C(=O)Nc3ccc(S(=O)(=O)Nc4ccc(C(F)(F)F)cc4)cc32)ccc1O. The van der Waals surface area contributed by atoms with Gasteiger partial charge in [0.05, 0.1) is 10.5 Å². The number of hydrogen-bond donors (Lipinski definition) is 3. The number of rotatable bonds is 4. The first-order valence-electron chi connectivity index (χ1n) is 10.9. The van der Waals surface area contributed by atoms with E-state index in [1.807, 2.05) is 20.8 Å². The summed E-state index contributed by atoms with van der Waals surface area (Å²) in [6, 6.07) is 12.7. The van der Waals surface area contributed by atoms with Crippen LogP contribution in [0.15, 0.2) is 65.6 Å². The summed E-state index contributed by atoms with van der Waals surface area (Å²) >= 11 is 0. The number of aromatic hydroxyl groups is 1. The average molecular weight is 517 g/mol. The number of amides is 1. The second-order valence-corrected chi connectivity index (χ2v) is 11.1. The van der Waals surface area contributed by atoms with Gasteiger partial charge < -0.3 is 10.4 Å². The highest BCUT2D eigenvalue weighted by Gasteiger charge is 2.30. The number of phenolic OH excluding ortho intramolecular Hbond substituents is 1. The number of sulfonamides is 1. The molecule has 0 fully saturated rings. The fourth-order valence-corrected chi connectivity index (χ4v) is 4.91. The molecule has 3 aromatic rings. The molecule has 0 unspecified atom stereocenters. The molecule has 1 aliphatic rings. The number of fused-ring (bicyclic) bond motifs is 1. The summed E-state index contributed by atoms with van der Waals surface area (Å²) in [6.07, 6.45) is -2.93. The Kier molecular flexibility index (Phi) is 6.12. The number of anilines is 2. The van der Waals surface area contributed by atoms with Gasteiger partial charge in [-0.1, -0.05) is 26.8 Å². The van der Waals surface area contributed by atoms with Crippen molar-refractivity contribution >= 4 is 39.0 Å². The quantitative estimate of drug-likeness (QED) is 0.371. The minimum absolute atomic E-state index is 0.0349. The number of phenols is 1. The highest BCUT2D eigenvalue weighted by Crippen LogP contribution is 2.37. The van der Waals surface area contributed by atoms with E-state index < -0.39 is 27.7 Å². The van der Waals surface area contributed by atoms with Crippen molar-refractivity contribution in [3.8, 4) is 5.75 Å². The Hall–Kier alpha value is -3.79. The van der Waals surface area contributed by atoms with E-state index in [1.165, 1.54) is 24.3 Å². The Labute approximate surface area is 206 Å². The van der Waals surface area contributed by atoms with E-state index in [4.69, 9.17) is 0 Å². The molecule has 3 N–H and O–H groups in total. The maximum Gasteiger partial charge on any atom is 0.416 e. The second-order valence-electron chi connectivity index (χ2n) is 9.43. The van der Waals surface area contributed by atoms with Gasteiger partial charge in [-0.05, 0) is 77.2 Å². The van der Waals surface area contributed by atoms with E-state index in [1.54, 1.807) is 18.2 Å². The van der Waals surface area contributed by atoms with E-state index in [2.05, 4.69) is 10.0 Å². The number of hydrogen-bond acceptors (Lipinski definition) is 4. The van der Waals surface area contributed by atoms with Crippen molar-refractivity contribution < 1.29 is 31.5 Å². The van der Waals surface area contributed by atoms with E-state index in [9.17, 15) is 31.5 Å². The van der Waals surface area contributed by atoms with Crippen LogP contribution in [0.1, 0.15) is 43.0 Å². The van der Waals surface area contributed by atoms with Crippen LogP contribution >= 0.6 is 0 Å². The molecule has 0 bridgehead atoms. The Morgan fingerprint density at radius 3 is 2.22 bits per heavy atom. The monoisotopic (exact) mass is 516 g/mol. The third-order valence-corrected chi connectivity index (χ3v) is 7.07. The van der Waals surface area contributed by atoms with Crippen LogP contribution in [0, 0.1) is 0 Å². The lowest BCUT2D eigenvalue weighted by molar-refractivity contribution is -0.137. The van der Waals surface area contributed by atoms with E-state index in [-0.39, 0.29) is 27.3 Å². The molecule has 10 heteroatoms. The zero-order valence-corrected chi connectivity index (χ0v) is 20.4. The van der Waals surface area contributed by atoms with Crippen LogP contribution in [0.3, 0.4) is 0 Å². The lowest BCUT2D eigenvalue weighted by Crippen LogP contribution is -2.13. The largest absolute Gasteiger partial charge is 0.508 e. The Balaban J connectivity index is 1.68. The molecular formula is C26H23F3N2O4S. The average Bonchev–Trinajstić information content (AvgIpc) is 3.08. The van der Waals surface area contributed by atoms with E-state index in [0.717, 1.165) is 24.3 Å². The number of carbonyl (C=O) groups excluding carboxylic acids is 1. The maximum absolute atomic E-state index is 12.9. The first kappa shape index (κ1) is 25.3. The predicted octanol–water partition coefficient (Wildman–Crippen LogP) is 6.00. The molecule has 6 nitrogen and oxygen atoms in total. The first-order valence-corrected chi connectivity index (χ1v) is 12.3. The number of halogens is 3. The number of carbonyl (C=O) groups is 1. The normalized spacial score (nSPS) is 15.1. The summed E-state index contributed by atoms with van der Waals surface area (Å²) < 4.78 is 66.5. The summed E-state index contributed by atoms with van der Waals surface area (Å²) in [7, 11) is -4.16. The lowest BCUT2D eigenvalue weighted by atomic mass is 9.85. The molecule has 1 aliphatic heterocycles. The van der Waals surface area contributed by atoms with Crippen molar-refractivity contribution in [1.29, 1.82) is 0 Å². The van der Waals surface area contributed by atoms with Crippen molar-refractivity contribution in [2.75, 3.05) is 10.0 Å². The van der Waals surface area contributed by atoms with Crippen LogP contribution in [0.2, 0.25) is 0 Å². The zero-order chi connectivity index (χ0) is 26.5. The molecular weight excluding hydrogens is 493 g/mol. The third-order valence-electron chi connectivity index (χ3n) is 5.69. The molecule has 36 heavy (non-hydrogen) atoms. The summed E-state index contributed by atoms with van der Waals surface area (Å²) in [6.45, 7) is 5.83. The van der Waals surface area contributed by atoms with Crippen molar-refractivity contribution in [1.82, 2.24) is 0 Å². The van der Waals surface area contributed by atoms with Crippen LogP contribution in [0.4, 0.5) is 24.5 Å². The van der Waals surface area contributed by atoms with Gasteiger partial charge in [-0.3, -0.25) is 9.52 Å². The third kappa shape index (κ3) is 5.08. The Morgan fingerprint density at radius 1 is 0.944 bits per heavy atom. The molecule has 0 saturated heterocycles. The predicted molar refractivity (Wildman–Crippen MR) is 132 cm³/mol. The molecule has 3 aromatic carbocycles. The fraction of sp³-hybridized carbons (Fsp3) is 0.192. The lowest BCUT2D eigenvalue weighted by Gasteiger charge is -2.20. The summed E-state index contributed by atoms with van der Waals surface area (Å²) in [5.41, 5.74) is 1.08. The molecule has 0 saturated carbocycles. The van der Waals surface area contributed by atoms with E-state index >= 15 is 0 Å². The van der Waals surface area contributed by atoms with Crippen LogP contribution in [-0.4, -0.2) is 19.4 Å². The van der Waals surface area contributed by atoms with Crippen LogP contribution in [-0.2, 0) is 26.4 Å². The fourth-order valence-electron chi connectivity index (χ4n) is 3.83. The van der Waals surface area contributed by atoms with Gasteiger partial charge >= 0.3 is 6.18 Å². The van der Waals surface area contributed by atoms with Gasteiger partial charge in [0.1, 0.15) is 5.75 Å². The van der Waals surface area contributed by atoms with Gasteiger partial charge in [0.15, 0.2) is 0 Å². The van der Waals surface area contributed by atoms with Gasteiger partial charge in [-0.25, -0.2) is 8.42 Å². The Morgan fingerprint density at radius 2 is 1.61 bits per heavy atom. The number of benzene rings is 3. The van der Waals surface area contributed by atoms with Crippen molar-refractivity contribution in [2.24, 2.45) is 0 Å². The maximum atomic E-state index is 12.9. The van der Waals surface area contributed by atoms with Gasteiger partial charge in [0.2, 0.25) is 0 Å². The topological polar surface area (TPSA) is 95.5 Å². The molecule has 188 valence electrons. The van der Waals surface area contributed by atoms with Crippen molar-refractivity contribution in [3.63, 3.8) is 0 Å². The van der Waals surface area contributed by atoms with Gasteiger partial charge in [0, 0.05) is 22.5 Å². The van der Waals surface area contributed by atoms with Crippen molar-refractivity contribution in [2.45, 2.75) is 37.3 Å². The minimum atomic E-state index is -4.54. The van der Waals surface area contributed by atoms with Gasteiger partial charge in [0.25, 0.3) is 15.9 Å². The summed E-state index contributed by atoms with van der Waals surface area (Å²) in [5, 5.41) is 12.9. The molecule has 1 heterocycles. The van der Waals surface area contributed by atoms with E-state index in [0.29, 0.717) is 22.4 Å². The molecule has 0 aromatic heterocycles. The van der Waals surface area contributed by atoms with Gasteiger partial charge in [-0.2, -0.15) is 13.2 Å². The smallest absolute Gasteiger partial charge is 0.416 e. The molecule has 0 radical (unpaired) electrons. The van der Waals surface area contributed by atoms with Crippen LogP contribution in [0.25, 0.3) is 11.6 Å². The Bertz CT molecular complexity index is 1490.